The third kappa shape index (κ3) is 3.65. The van der Waals surface area contributed by atoms with Gasteiger partial charge in [-0.05, 0) is 36.1 Å². The maximum atomic E-state index is 11.0. The molecule has 2 rings (SSSR count). The Morgan fingerprint density at radius 2 is 1.90 bits per heavy atom. The number of ether oxygens (including phenoxy) is 2. The van der Waals surface area contributed by atoms with E-state index in [0.29, 0.717) is 6.42 Å². The first-order chi connectivity index (χ1) is 10.0. The van der Waals surface area contributed by atoms with Gasteiger partial charge in [-0.3, -0.25) is 9.69 Å². The number of primary amides is 1. The van der Waals surface area contributed by atoms with E-state index in [0.717, 1.165) is 37.6 Å². The summed E-state index contributed by atoms with van der Waals surface area (Å²) in [5, 5.41) is 0. The molecule has 0 aromatic heterocycles. The Balaban J connectivity index is 2.04. The quantitative estimate of drug-likeness (QED) is 0.785. The highest BCUT2D eigenvalue weighted by atomic mass is 16.5. The highest BCUT2D eigenvalue weighted by molar-refractivity contribution is 5.79. The maximum Gasteiger partial charge on any atom is 0.234 e. The van der Waals surface area contributed by atoms with Crippen LogP contribution in [-0.2, 0) is 17.8 Å². The maximum absolute atomic E-state index is 11.0. The first kappa shape index (κ1) is 15.6. The fourth-order valence-corrected chi connectivity index (χ4v) is 2.60. The molecule has 1 aliphatic heterocycles. The average Bonchev–Trinajstić information content (AvgIpc) is 2.50. The fourth-order valence-electron chi connectivity index (χ4n) is 2.60. The topological polar surface area (TPSA) is 90.8 Å². The molecule has 1 aliphatic rings. The van der Waals surface area contributed by atoms with Crippen LogP contribution in [0.15, 0.2) is 12.1 Å². The monoisotopic (exact) mass is 293 g/mol. The van der Waals surface area contributed by atoms with E-state index in [-0.39, 0.29) is 0 Å². The minimum absolute atomic E-state index is 0.446. The molecule has 1 aromatic rings. The van der Waals surface area contributed by atoms with Crippen LogP contribution in [0.4, 0.5) is 0 Å². The average molecular weight is 293 g/mol. The summed E-state index contributed by atoms with van der Waals surface area (Å²) in [4.78, 5) is 13.2. The molecule has 1 unspecified atom stereocenters. The molecule has 6 heteroatoms. The lowest BCUT2D eigenvalue weighted by Crippen LogP contribution is -2.40. The van der Waals surface area contributed by atoms with Crippen LogP contribution >= 0.6 is 0 Å². The summed E-state index contributed by atoms with van der Waals surface area (Å²) in [5.74, 6) is 1.06. The lowest BCUT2D eigenvalue weighted by Gasteiger charge is -2.30. The van der Waals surface area contributed by atoms with Gasteiger partial charge in [-0.2, -0.15) is 0 Å². The van der Waals surface area contributed by atoms with Crippen molar-refractivity contribution in [1.29, 1.82) is 0 Å². The second-order valence-electron chi connectivity index (χ2n) is 5.30. The summed E-state index contributed by atoms with van der Waals surface area (Å²) in [7, 11) is 3.28. The molecule has 4 N–H and O–H groups in total. The lowest BCUT2D eigenvalue weighted by atomic mass is 9.98. The Morgan fingerprint density at radius 1 is 1.29 bits per heavy atom. The van der Waals surface area contributed by atoms with Crippen molar-refractivity contribution in [3.8, 4) is 11.5 Å². The van der Waals surface area contributed by atoms with Gasteiger partial charge in [0.15, 0.2) is 11.5 Å². The fraction of sp³-hybridized carbons (Fsp3) is 0.533. The molecule has 0 aliphatic carbocycles. The normalized spacial score (nSPS) is 16.1. The molecular weight excluding hydrogens is 270 g/mol. The minimum atomic E-state index is -0.572. The molecule has 0 radical (unpaired) electrons. The van der Waals surface area contributed by atoms with Gasteiger partial charge in [0.2, 0.25) is 5.91 Å². The zero-order chi connectivity index (χ0) is 15.4. The predicted molar refractivity (Wildman–Crippen MR) is 80.3 cm³/mol. The highest BCUT2D eigenvalue weighted by Gasteiger charge is 2.20. The van der Waals surface area contributed by atoms with E-state index < -0.39 is 11.9 Å². The van der Waals surface area contributed by atoms with Crippen molar-refractivity contribution in [2.75, 3.05) is 27.3 Å². The van der Waals surface area contributed by atoms with E-state index in [4.69, 9.17) is 20.9 Å². The summed E-state index contributed by atoms with van der Waals surface area (Å²) in [6.07, 6.45) is 1.53. The summed E-state index contributed by atoms with van der Waals surface area (Å²) in [5.41, 5.74) is 13.4. The molecule has 0 saturated carbocycles. The van der Waals surface area contributed by atoms with Gasteiger partial charge in [0.1, 0.15) is 0 Å². The van der Waals surface area contributed by atoms with E-state index in [1.54, 1.807) is 14.2 Å². The molecule has 116 valence electrons. The number of hydrogen-bond donors (Lipinski definition) is 2. The van der Waals surface area contributed by atoms with Gasteiger partial charge in [0, 0.05) is 19.6 Å². The number of nitrogens with two attached hydrogens (primary N) is 2. The molecular formula is C15H23N3O3. The predicted octanol–water partition coefficient (Wildman–Crippen LogP) is 0.265. The van der Waals surface area contributed by atoms with Gasteiger partial charge in [0.25, 0.3) is 0 Å². The molecule has 6 nitrogen and oxygen atoms in total. The molecule has 0 bridgehead atoms. The lowest BCUT2D eigenvalue weighted by molar-refractivity contribution is -0.119. The number of methoxy groups -OCH3 is 2. The third-order valence-electron chi connectivity index (χ3n) is 3.92. The number of carbonyl (C=O) groups is 1. The molecule has 0 fully saturated rings. The van der Waals surface area contributed by atoms with Crippen LogP contribution in [0.25, 0.3) is 0 Å². The summed E-state index contributed by atoms with van der Waals surface area (Å²) in [6, 6.07) is 3.49. The molecule has 0 spiro atoms. The molecule has 1 amide bonds. The van der Waals surface area contributed by atoms with Crippen LogP contribution < -0.4 is 20.9 Å². The SMILES string of the molecule is COc1cc2c(cc1OC)CN(CCC(N)C(N)=O)CC2. The molecule has 1 atom stereocenters. The summed E-state index contributed by atoms with van der Waals surface area (Å²) >= 11 is 0. The van der Waals surface area contributed by atoms with Crippen LogP contribution in [0, 0.1) is 0 Å². The molecule has 1 aromatic carbocycles. The van der Waals surface area contributed by atoms with Crippen LogP contribution in [0.3, 0.4) is 0 Å². The van der Waals surface area contributed by atoms with Crippen molar-refractivity contribution in [3.05, 3.63) is 23.3 Å². The third-order valence-corrected chi connectivity index (χ3v) is 3.92. The van der Waals surface area contributed by atoms with Crippen molar-refractivity contribution >= 4 is 5.91 Å². The van der Waals surface area contributed by atoms with Gasteiger partial charge in [0.05, 0.1) is 20.3 Å². The van der Waals surface area contributed by atoms with Crippen LogP contribution in [0.5, 0.6) is 11.5 Å². The first-order valence-electron chi connectivity index (χ1n) is 7.06. The van der Waals surface area contributed by atoms with Crippen molar-refractivity contribution in [1.82, 2.24) is 4.90 Å². The zero-order valence-electron chi connectivity index (χ0n) is 12.6. The van der Waals surface area contributed by atoms with Gasteiger partial charge >= 0.3 is 0 Å². The number of rotatable bonds is 6. The zero-order valence-corrected chi connectivity index (χ0v) is 12.6. The van der Waals surface area contributed by atoms with E-state index in [1.165, 1.54) is 11.1 Å². The number of fused-ring (bicyclic) bond motifs is 1. The van der Waals surface area contributed by atoms with Gasteiger partial charge in [-0.15, -0.1) is 0 Å². The first-order valence-corrected chi connectivity index (χ1v) is 7.06. The molecule has 21 heavy (non-hydrogen) atoms. The Morgan fingerprint density at radius 3 is 2.48 bits per heavy atom. The van der Waals surface area contributed by atoms with E-state index in [1.807, 2.05) is 12.1 Å². The Kier molecular flexibility index (Phi) is 5.03. The van der Waals surface area contributed by atoms with Crippen molar-refractivity contribution in [2.45, 2.75) is 25.4 Å². The Labute approximate surface area is 125 Å². The second-order valence-corrected chi connectivity index (χ2v) is 5.30. The number of nitrogens with zero attached hydrogens (tertiary/aromatic N) is 1. The second kappa shape index (κ2) is 6.78. The highest BCUT2D eigenvalue weighted by Crippen LogP contribution is 2.33. The number of amides is 1. The van der Waals surface area contributed by atoms with Crippen LogP contribution in [0.1, 0.15) is 17.5 Å². The van der Waals surface area contributed by atoms with E-state index in [2.05, 4.69) is 4.90 Å². The van der Waals surface area contributed by atoms with Gasteiger partial charge < -0.3 is 20.9 Å². The molecule has 0 saturated heterocycles. The van der Waals surface area contributed by atoms with Crippen molar-refractivity contribution < 1.29 is 14.3 Å². The molecule has 1 heterocycles. The largest absolute Gasteiger partial charge is 0.493 e. The van der Waals surface area contributed by atoms with Crippen LogP contribution in [-0.4, -0.2) is 44.2 Å². The van der Waals surface area contributed by atoms with Crippen molar-refractivity contribution in [3.63, 3.8) is 0 Å². The summed E-state index contributed by atoms with van der Waals surface area (Å²) in [6.45, 7) is 2.52. The van der Waals surface area contributed by atoms with Gasteiger partial charge in [-0.25, -0.2) is 0 Å². The van der Waals surface area contributed by atoms with E-state index in [9.17, 15) is 4.79 Å². The van der Waals surface area contributed by atoms with Crippen molar-refractivity contribution in [2.24, 2.45) is 11.5 Å². The Hall–Kier alpha value is -1.79. The standard InChI is InChI=1S/C15H23N3O3/c1-20-13-7-10-3-5-18(6-4-12(16)15(17)19)9-11(10)8-14(13)21-2/h7-8,12H,3-6,9,16H2,1-2H3,(H2,17,19). The summed E-state index contributed by atoms with van der Waals surface area (Å²) < 4.78 is 10.7. The minimum Gasteiger partial charge on any atom is -0.493 e. The Bertz CT molecular complexity index is 519. The smallest absolute Gasteiger partial charge is 0.234 e. The number of hydrogen-bond acceptors (Lipinski definition) is 5. The van der Waals surface area contributed by atoms with Gasteiger partial charge in [-0.1, -0.05) is 0 Å². The van der Waals surface area contributed by atoms with Crippen LogP contribution in [0.2, 0.25) is 0 Å². The van der Waals surface area contributed by atoms with E-state index >= 15 is 0 Å². The number of benzene rings is 1. The number of carbonyl (C=O) groups excluding carboxylic acids is 1.